The van der Waals surface area contributed by atoms with Crippen molar-refractivity contribution in [1.29, 1.82) is 0 Å². The average Bonchev–Trinajstić information content (AvgIpc) is 2.47. The molecule has 2 atom stereocenters. The fraction of sp³-hybridized carbons (Fsp3) is 0.556. The first-order chi connectivity index (χ1) is 11.0. The van der Waals surface area contributed by atoms with E-state index in [9.17, 15) is 9.59 Å². The molecule has 0 saturated heterocycles. The summed E-state index contributed by atoms with van der Waals surface area (Å²) in [5.74, 6) is 0.799. The highest BCUT2D eigenvalue weighted by molar-refractivity contribution is 5.97. The average molecular weight is 352 g/mol. The molecule has 0 radical (unpaired) electrons. The monoisotopic (exact) mass is 351 g/mol. The minimum Gasteiger partial charge on any atom is -0.349 e. The minimum atomic E-state index is -0.140. The van der Waals surface area contributed by atoms with Crippen molar-refractivity contribution < 1.29 is 9.59 Å². The number of anilines is 1. The molecular formula is C18H26ClN3O2. The van der Waals surface area contributed by atoms with Crippen LogP contribution in [0, 0.1) is 11.8 Å². The van der Waals surface area contributed by atoms with Crippen LogP contribution in [-0.4, -0.2) is 23.9 Å². The summed E-state index contributed by atoms with van der Waals surface area (Å²) in [5, 5.41) is 5.95. The lowest BCUT2D eigenvalue weighted by Crippen LogP contribution is -2.53. The van der Waals surface area contributed by atoms with E-state index < -0.39 is 0 Å². The van der Waals surface area contributed by atoms with Gasteiger partial charge in [0.15, 0.2) is 0 Å². The van der Waals surface area contributed by atoms with Gasteiger partial charge in [-0.15, -0.1) is 12.4 Å². The zero-order valence-electron chi connectivity index (χ0n) is 14.0. The van der Waals surface area contributed by atoms with Gasteiger partial charge in [0.2, 0.25) is 5.91 Å². The Hall–Kier alpha value is -1.59. The molecule has 0 aliphatic heterocycles. The Morgan fingerprint density at radius 2 is 1.83 bits per heavy atom. The number of halogens is 1. The Labute approximate surface area is 149 Å². The lowest BCUT2D eigenvalue weighted by atomic mass is 9.67. The smallest absolute Gasteiger partial charge is 0.251 e. The molecule has 2 bridgehead atoms. The molecule has 2 fully saturated rings. The van der Waals surface area contributed by atoms with E-state index in [0.29, 0.717) is 23.1 Å². The van der Waals surface area contributed by atoms with Gasteiger partial charge < -0.3 is 16.4 Å². The summed E-state index contributed by atoms with van der Waals surface area (Å²) >= 11 is 0. The molecule has 1 aromatic carbocycles. The minimum absolute atomic E-state index is 0. The summed E-state index contributed by atoms with van der Waals surface area (Å²) < 4.78 is 0. The molecule has 2 amide bonds. The molecule has 2 aliphatic rings. The van der Waals surface area contributed by atoms with Gasteiger partial charge in [-0.25, -0.2) is 0 Å². The van der Waals surface area contributed by atoms with Crippen molar-refractivity contribution in [2.45, 2.75) is 51.1 Å². The quantitative estimate of drug-likeness (QED) is 0.782. The van der Waals surface area contributed by atoms with E-state index in [1.54, 1.807) is 24.3 Å². The Morgan fingerprint density at radius 3 is 2.46 bits per heavy atom. The van der Waals surface area contributed by atoms with E-state index in [4.69, 9.17) is 5.73 Å². The number of hydrogen-bond acceptors (Lipinski definition) is 3. The number of nitrogens with one attached hydrogen (secondary N) is 2. The van der Waals surface area contributed by atoms with Gasteiger partial charge in [0, 0.05) is 30.3 Å². The molecule has 4 N–H and O–H groups in total. The van der Waals surface area contributed by atoms with Gasteiger partial charge in [0.25, 0.3) is 5.91 Å². The molecule has 2 saturated carbocycles. The van der Waals surface area contributed by atoms with E-state index in [1.807, 2.05) is 0 Å². The topological polar surface area (TPSA) is 84.2 Å². The van der Waals surface area contributed by atoms with E-state index in [1.165, 1.54) is 13.3 Å². The summed E-state index contributed by atoms with van der Waals surface area (Å²) in [7, 11) is 0. The van der Waals surface area contributed by atoms with Crippen LogP contribution in [0.5, 0.6) is 0 Å². The standard InChI is InChI=1S/C18H25N3O2.ClH/c1-11(22)20-16-7-3-6-14(10-16)18(23)21-17-12-4-2-5-13(17)9-15(19)8-12;/h3,6-7,10,12-13,15,17H,2,4-5,8-9,19H2,1H3,(H,20,22)(H,21,23);1H. The fourth-order valence-electron chi connectivity index (χ4n) is 4.20. The zero-order valence-corrected chi connectivity index (χ0v) is 14.8. The summed E-state index contributed by atoms with van der Waals surface area (Å²) in [6.45, 7) is 1.46. The van der Waals surface area contributed by atoms with Gasteiger partial charge in [-0.1, -0.05) is 12.5 Å². The van der Waals surface area contributed by atoms with Crippen LogP contribution < -0.4 is 16.4 Å². The van der Waals surface area contributed by atoms with Crippen LogP contribution in [0.1, 0.15) is 49.4 Å². The van der Waals surface area contributed by atoms with Crippen LogP contribution in [0.25, 0.3) is 0 Å². The van der Waals surface area contributed by atoms with Gasteiger partial charge in [0.1, 0.15) is 0 Å². The lowest BCUT2D eigenvalue weighted by molar-refractivity contribution is -0.114. The molecule has 2 unspecified atom stereocenters. The van der Waals surface area contributed by atoms with Gasteiger partial charge >= 0.3 is 0 Å². The Kier molecular flexibility index (Phi) is 6.24. The van der Waals surface area contributed by atoms with E-state index in [0.717, 1.165) is 25.7 Å². The molecule has 0 heterocycles. The highest BCUT2D eigenvalue weighted by Crippen LogP contribution is 2.39. The van der Waals surface area contributed by atoms with E-state index in [-0.39, 0.29) is 36.3 Å². The number of carbonyl (C=O) groups excluding carboxylic acids is 2. The lowest BCUT2D eigenvalue weighted by Gasteiger charge is -2.45. The Bertz CT molecular complexity index is 594. The molecule has 0 aromatic heterocycles. The highest BCUT2D eigenvalue weighted by Gasteiger charge is 2.39. The second kappa shape index (κ2) is 7.99. The van der Waals surface area contributed by atoms with Crippen molar-refractivity contribution >= 4 is 29.9 Å². The first-order valence-corrected chi connectivity index (χ1v) is 8.47. The van der Waals surface area contributed by atoms with Gasteiger partial charge in [0.05, 0.1) is 0 Å². The number of rotatable bonds is 3. The van der Waals surface area contributed by atoms with E-state index in [2.05, 4.69) is 10.6 Å². The van der Waals surface area contributed by atoms with Crippen molar-refractivity contribution in [1.82, 2.24) is 5.32 Å². The SMILES string of the molecule is CC(=O)Nc1cccc(C(=O)NC2C3CCCC2CC(N)C3)c1.Cl. The number of hydrogen-bond donors (Lipinski definition) is 3. The predicted octanol–water partition coefficient (Wildman–Crippen LogP) is 2.70. The van der Waals surface area contributed by atoms with Crippen LogP contribution >= 0.6 is 12.4 Å². The molecule has 6 heteroatoms. The maximum absolute atomic E-state index is 12.6. The van der Waals surface area contributed by atoms with Crippen LogP contribution in [0.2, 0.25) is 0 Å². The molecule has 5 nitrogen and oxygen atoms in total. The van der Waals surface area contributed by atoms with Gasteiger partial charge in [-0.3, -0.25) is 9.59 Å². The molecule has 2 aliphatic carbocycles. The second-order valence-corrected chi connectivity index (χ2v) is 6.94. The third-order valence-corrected chi connectivity index (χ3v) is 5.12. The molecule has 0 spiro atoms. The Balaban J connectivity index is 0.00000208. The summed E-state index contributed by atoms with van der Waals surface area (Å²) in [4.78, 5) is 23.8. The molecular weight excluding hydrogens is 326 g/mol. The normalized spacial score (nSPS) is 28.4. The first kappa shape index (κ1) is 18.7. The van der Waals surface area contributed by atoms with Crippen molar-refractivity contribution in [3.8, 4) is 0 Å². The van der Waals surface area contributed by atoms with Crippen LogP contribution in [0.3, 0.4) is 0 Å². The molecule has 1 aromatic rings. The summed E-state index contributed by atoms with van der Waals surface area (Å²) in [6.07, 6.45) is 5.56. The molecule has 3 rings (SSSR count). The number of benzene rings is 1. The van der Waals surface area contributed by atoms with Crippen molar-refractivity contribution in [3.05, 3.63) is 29.8 Å². The van der Waals surface area contributed by atoms with Crippen molar-refractivity contribution in [3.63, 3.8) is 0 Å². The van der Waals surface area contributed by atoms with E-state index >= 15 is 0 Å². The highest BCUT2D eigenvalue weighted by atomic mass is 35.5. The number of fused-ring (bicyclic) bond motifs is 2. The second-order valence-electron chi connectivity index (χ2n) is 6.94. The number of amides is 2. The molecule has 132 valence electrons. The maximum Gasteiger partial charge on any atom is 0.251 e. The summed E-state index contributed by atoms with van der Waals surface area (Å²) in [5.41, 5.74) is 7.38. The van der Waals surface area contributed by atoms with Crippen molar-refractivity contribution in [2.24, 2.45) is 17.6 Å². The first-order valence-electron chi connectivity index (χ1n) is 8.47. The largest absolute Gasteiger partial charge is 0.349 e. The third-order valence-electron chi connectivity index (χ3n) is 5.12. The predicted molar refractivity (Wildman–Crippen MR) is 97.3 cm³/mol. The van der Waals surface area contributed by atoms with Gasteiger partial charge in [-0.05, 0) is 55.7 Å². The van der Waals surface area contributed by atoms with Crippen LogP contribution in [0.15, 0.2) is 24.3 Å². The maximum atomic E-state index is 12.6. The van der Waals surface area contributed by atoms with Gasteiger partial charge in [-0.2, -0.15) is 0 Å². The third kappa shape index (κ3) is 4.28. The number of nitrogens with two attached hydrogens (primary N) is 1. The number of carbonyl (C=O) groups is 2. The van der Waals surface area contributed by atoms with Crippen molar-refractivity contribution in [2.75, 3.05) is 5.32 Å². The zero-order chi connectivity index (χ0) is 16.4. The fourth-order valence-corrected chi connectivity index (χ4v) is 4.20. The Morgan fingerprint density at radius 1 is 1.17 bits per heavy atom. The van der Waals surface area contributed by atoms with Crippen LogP contribution in [-0.2, 0) is 4.79 Å². The molecule has 24 heavy (non-hydrogen) atoms. The van der Waals surface area contributed by atoms with Crippen LogP contribution in [0.4, 0.5) is 5.69 Å². The summed E-state index contributed by atoms with van der Waals surface area (Å²) in [6, 6.07) is 7.60.